The van der Waals surface area contributed by atoms with Crippen molar-refractivity contribution in [3.63, 3.8) is 0 Å². The van der Waals surface area contributed by atoms with Gasteiger partial charge in [-0.3, -0.25) is 0 Å². The van der Waals surface area contributed by atoms with Crippen LogP contribution in [0.25, 0.3) is 6.08 Å². The number of likely N-dealkylation sites (tertiary alicyclic amines) is 1. The van der Waals surface area contributed by atoms with E-state index < -0.39 is 23.5 Å². The number of fused-ring (bicyclic) bond motifs is 1. The Kier molecular flexibility index (Phi) is 5.33. The average molecular weight is 439 g/mol. The maximum atomic E-state index is 12.9. The minimum Gasteiger partial charge on any atom is -0.302 e. The molecule has 2 aromatic carbocycles. The Morgan fingerprint density at radius 3 is 2.00 bits per heavy atom. The van der Waals surface area contributed by atoms with E-state index in [1.54, 1.807) is 6.08 Å². The summed E-state index contributed by atoms with van der Waals surface area (Å²) >= 11 is 0. The summed E-state index contributed by atoms with van der Waals surface area (Å²) in [6, 6.07) is 9.63. The van der Waals surface area contributed by atoms with E-state index >= 15 is 0 Å². The van der Waals surface area contributed by atoms with E-state index in [0.29, 0.717) is 24.2 Å². The first-order valence-electron chi connectivity index (χ1n) is 9.59. The second kappa shape index (κ2) is 7.71. The Bertz CT molecular complexity index is 1000. The largest absolute Gasteiger partial charge is 0.416 e. The SMILES string of the molecule is CN1C/C(=C/c2ccc(C(F)(F)F)cc2)C2=NNC(c3ccc(C(F)(F)F)cc3)C2C1. The topological polar surface area (TPSA) is 27.6 Å². The van der Waals surface area contributed by atoms with Crippen molar-refractivity contribution in [2.75, 3.05) is 20.1 Å². The van der Waals surface area contributed by atoms with Gasteiger partial charge in [-0.2, -0.15) is 31.4 Å². The van der Waals surface area contributed by atoms with Gasteiger partial charge in [-0.25, -0.2) is 0 Å². The van der Waals surface area contributed by atoms with Crippen LogP contribution in [0, 0.1) is 5.92 Å². The molecule has 0 radical (unpaired) electrons. The number of nitrogens with zero attached hydrogens (tertiary/aromatic N) is 2. The molecule has 4 rings (SSSR count). The normalized spacial score (nSPS) is 23.5. The van der Waals surface area contributed by atoms with Gasteiger partial charge >= 0.3 is 12.4 Å². The van der Waals surface area contributed by atoms with Gasteiger partial charge in [0.1, 0.15) is 0 Å². The second-order valence-corrected chi connectivity index (χ2v) is 7.82. The molecule has 2 aromatic rings. The molecule has 0 spiro atoms. The Labute approximate surface area is 175 Å². The van der Waals surface area contributed by atoms with Crippen LogP contribution in [0.3, 0.4) is 0 Å². The highest BCUT2D eigenvalue weighted by Gasteiger charge is 2.39. The minimum absolute atomic E-state index is 0.0869. The number of likely N-dealkylation sites (N-methyl/N-ethyl adjacent to an activating group) is 1. The van der Waals surface area contributed by atoms with E-state index in [1.165, 1.54) is 24.3 Å². The molecule has 2 atom stereocenters. The lowest BCUT2D eigenvalue weighted by molar-refractivity contribution is -0.138. The zero-order valence-corrected chi connectivity index (χ0v) is 16.4. The Morgan fingerprint density at radius 1 is 0.903 bits per heavy atom. The van der Waals surface area contributed by atoms with Crippen molar-refractivity contribution in [1.29, 1.82) is 0 Å². The van der Waals surface area contributed by atoms with Crippen LogP contribution >= 0.6 is 0 Å². The van der Waals surface area contributed by atoms with Gasteiger partial charge in [0.05, 0.1) is 22.9 Å². The summed E-state index contributed by atoms with van der Waals surface area (Å²) in [6.45, 7) is 1.22. The summed E-state index contributed by atoms with van der Waals surface area (Å²) < 4.78 is 76.9. The van der Waals surface area contributed by atoms with Gasteiger partial charge in [0.15, 0.2) is 0 Å². The number of hydrogen-bond donors (Lipinski definition) is 1. The lowest BCUT2D eigenvalue weighted by atomic mass is 9.83. The molecule has 3 nitrogen and oxygen atoms in total. The number of rotatable bonds is 2. The highest BCUT2D eigenvalue weighted by atomic mass is 19.4. The Hall–Kier alpha value is -2.81. The molecule has 31 heavy (non-hydrogen) atoms. The Morgan fingerprint density at radius 2 is 1.45 bits per heavy atom. The molecular weight excluding hydrogens is 420 g/mol. The van der Waals surface area contributed by atoms with Gasteiger partial charge in [0.2, 0.25) is 0 Å². The third-order valence-electron chi connectivity index (χ3n) is 5.53. The maximum absolute atomic E-state index is 12.9. The first-order valence-corrected chi connectivity index (χ1v) is 9.59. The third kappa shape index (κ3) is 4.46. The number of piperidine rings is 1. The molecule has 0 aromatic heterocycles. The zero-order valence-electron chi connectivity index (χ0n) is 16.4. The molecule has 0 bridgehead atoms. The van der Waals surface area contributed by atoms with E-state index in [1.807, 2.05) is 7.05 Å². The molecule has 1 N–H and O–H groups in total. The van der Waals surface area contributed by atoms with Gasteiger partial charge < -0.3 is 10.3 Å². The van der Waals surface area contributed by atoms with Crippen molar-refractivity contribution in [3.8, 4) is 0 Å². The predicted octanol–water partition coefficient (Wildman–Crippen LogP) is 5.37. The van der Waals surface area contributed by atoms with Crippen molar-refractivity contribution in [2.24, 2.45) is 11.0 Å². The molecule has 0 saturated carbocycles. The van der Waals surface area contributed by atoms with E-state index in [2.05, 4.69) is 15.4 Å². The molecule has 2 unspecified atom stereocenters. The van der Waals surface area contributed by atoms with Crippen LogP contribution in [-0.2, 0) is 12.4 Å². The van der Waals surface area contributed by atoms with Crippen molar-refractivity contribution in [1.82, 2.24) is 10.3 Å². The van der Waals surface area contributed by atoms with Gasteiger partial charge in [-0.1, -0.05) is 24.3 Å². The quantitative estimate of drug-likeness (QED) is 0.638. The lowest BCUT2D eigenvalue weighted by Gasteiger charge is -2.32. The van der Waals surface area contributed by atoms with Crippen LogP contribution in [0.5, 0.6) is 0 Å². The summed E-state index contributed by atoms with van der Waals surface area (Å²) in [5.74, 6) is -0.0869. The van der Waals surface area contributed by atoms with E-state index in [-0.39, 0.29) is 12.0 Å². The van der Waals surface area contributed by atoms with Crippen LogP contribution < -0.4 is 5.43 Å². The van der Waals surface area contributed by atoms with E-state index in [4.69, 9.17) is 0 Å². The van der Waals surface area contributed by atoms with Gasteiger partial charge in [0, 0.05) is 19.0 Å². The number of alkyl halides is 6. The van der Waals surface area contributed by atoms with Crippen LogP contribution in [0.1, 0.15) is 28.3 Å². The third-order valence-corrected chi connectivity index (χ3v) is 5.53. The van der Waals surface area contributed by atoms with Gasteiger partial charge in [-0.15, -0.1) is 0 Å². The fourth-order valence-corrected chi connectivity index (χ4v) is 4.02. The minimum atomic E-state index is -4.40. The molecule has 0 aliphatic carbocycles. The van der Waals surface area contributed by atoms with E-state index in [0.717, 1.165) is 35.6 Å². The highest BCUT2D eigenvalue weighted by molar-refractivity contribution is 6.07. The lowest BCUT2D eigenvalue weighted by Crippen LogP contribution is -2.41. The number of hydrazone groups is 1. The monoisotopic (exact) mass is 439 g/mol. The molecule has 1 fully saturated rings. The summed E-state index contributed by atoms with van der Waals surface area (Å²) in [6.07, 6.45) is -6.99. The number of nitrogens with one attached hydrogen (secondary N) is 1. The van der Waals surface area contributed by atoms with Crippen LogP contribution in [0.15, 0.2) is 59.2 Å². The predicted molar refractivity (Wildman–Crippen MR) is 105 cm³/mol. The van der Waals surface area contributed by atoms with E-state index in [9.17, 15) is 26.3 Å². The summed E-state index contributed by atoms with van der Waals surface area (Å²) in [5, 5.41) is 4.43. The molecule has 2 heterocycles. The number of hydrogen-bond acceptors (Lipinski definition) is 3. The summed E-state index contributed by atoms with van der Waals surface area (Å²) in [5.41, 5.74) is 4.57. The first-order chi connectivity index (χ1) is 14.5. The van der Waals surface area contributed by atoms with Crippen LogP contribution in [0.4, 0.5) is 26.3 Å². The number of halogens is 6. The fraction of sp³-hybridized carbons (Fsp3) is 0.318. The summed E-state index contributed by atoms with van der Waals surface area (Å²) in [7, 11) is 1.92. The van der Waals surface area contributed by atoms with Crippen LogP contribution in [-0.4, -0.2) is 30.7 Å². The molecular formula is C22H19F6N3. The second-order valence-electron chi connectivity index (χ2n) is 7.82. The highest BCUT2D eigenvalue weighted by Crippen LogP contribution is 2.36. The van der Waals surface area contributed by atoms with Gasteiger partial charge in [-0.05, 0) is 54.1 Å². The standard InChI is InChI=1S/C22H19F6N3/c1-31-11-15(10-13-2-6-16(7-3-13)21(23,24)25)20-18(12-31)19(29-30-20)14-4-8-17(9-5-14)22(26,27)28/h2-10,18-19,29H,11-12H2,1H3/b15-10-. The molecule has 1 saturated heterocycles. The fourth-order valence-electron chi connectivity index (χ4n) is 4.02. The molecule has 164 valence electrons. The first kappa shape index (κ1) is 21.4. The van der Waals surface area contributed by atoms with Crippen molar-refractivity contribution >= 4 is 11.8 Å². The summed E-state index contributed by atoms with van der Waals surface area (Å²) in [4.78, 5) is 2.06. The van der Waals surface area contributed by atoms with Crippen molar-refractivity contribution in [3.05, 3.63) is 76.4 Å². The molecule has 2 aliphatic rings. The maximum Gasteiger partial charge on any atom is 0.416 e. The smallest absolute Gasteiger partial charge is 0.302 e. The van der Waals surface area contributed by atoms with Crippen molar-refractivity contribution in [2.45, 2.75) is 18.4 Å². The average Bonchev–Trinajstić information content (AvgIpc) is 3.11. The van der Waals surface area contributed by atoms with Crippen LogP contribution in [0.2, 0.25) is 0 Å². The number of benzene rings is 2. The Balaban J connectivity index is 1.58. The zero-order chi connectivity index (χ0) is 22.4. The van der Waals surface area contributed by atoms with Crippen molar-refractivity contribution < 1.29 is 26.3 Å². The van der Waals surface area contributed by atoms with Gasteiger partial charge in [0.25, 0.3) is 0 Å². The molecule has 2 aliphatic heterocycles. The molecule has 0 amide bonds. The molecule has 9 heteroatoms.